The van der Waals surface area contributed by atoms with Gasteiger partial charge in [-0.05, 0) is 31.4 Å². The second kappa shape index (κ2) is 7.07. The van der Waals surface area contributed by atoms with E-state index in [1.54, 1.807) is 4.90 Å². The molecule has 0 aromatic heterocycles. The van der Waals surface area contributed by atoms with E-state index >= 15 is 0 Å². The minimum Gasteiger partial charge on any atom is -0.462 e. The van der Waals surface area contributed by atoms with E-state index in [1.807, 2.05) is 24.3 Å². The first-order valence-electron chi connectivity index (χ1n) is 7.57. The maximum Gasteiger partial charge on any atom is 0.455 e. The summed E-state index contributed by atoms with van der Waals surface area (Å²) in [6.07, 6.45) is -4.50. The summed E-state index contributed by atoms with van der Waals surface area (Å²) < 4.78 is 43.2. The summed E-state index contributed by atoms with van der Waals surface area (Å²) in [5.74, 6) is -3.41. The first kappa shape index (κ1) is 18.0. The quantitative estimate of drug-likeness (QED) is 0.366. The van der Waals surface area contributed by atoms with Crippen LogP contribution in [0.25, 0.3) is 0 Å². The van der Waals surface area contributed by atoms with Crippen molar-refractivity contribution in [1.29, 1.82) is 0 Å². The van der Waals surface area contributed by atoms with Gasteiger partial charge in [-0.25, -0.2) is 4.79 Å². The van der Waals surface area contributed by atoms with Crippen molar-refractivity contribution in [2.45, 2.75) is 33.0 Å². The molecule has 0 bridgehead atoms. The molecule has 0 saturated heterocycles. The molecular weight excluding hydrogens is 323 g/mol. The lowest BCUT2D eigenvalue weighted by Crippen LogP contribution is -2.36. The average Bonchev–Trinajstić information content (AvgIpc) is 2.53. The molecule has 1 aromatic carbocycles. The van der Waals surface area contributed by atoms with Crippen LogP contribution in [0.15, 0.2) is 35.5 Å². The zero-order valence-corrected chi connectivity index (χ0v) is 13.4. The minimum atomic E-state index is -5.13. The molecule has 1 aliphatic heterocycles. The first-order chi connectivity index (χ1) is 11.3. The zero-order chi connectivity index (χ0) is 17.9. The SMILES string of the molecule is CCOC(=O)/C(C(=O)C(F)(F)F)=C(\C)N1CCc2ccccc2C1. The average molecular weight is 341 g/mol. The number of ketones is 1. The molecule has 0 radical (unpaired) electrons. The van der Waals surface area contributed by atoms with Crippen LogP contribution in [0, 0.1) is 0 Å². The lowest BCUT2D eigenvalue weighted by molar-refractivity contribution is -0.169. The molecule has 1 aromatic rings. The van der Waals surface area contributed by atoms with Gasteiger partial charge in [0.15, 0.2) is 0 Å². The largest absolute Gasteiger partial charge is 0.462 e. The van der Waals surface area contributed by atoms with E-state index < -0.39 is 23.5 Å². The van der Waals surface area contributed by atoms with Gasteiger partial charge in [-0.2, -0.15) is 13.2 Å². The van der Waals surface area contributed by atoms with Crippen LogP contribution < -0.4 is 0 Å². The third-order valence-electron chi connectivity index (χ3n) is 3.93. The normalized spacial score (nSPS) is 15.5. The molecule has 1 heterocycles. The molecule has 0 saturated carbocycles. The number of nitrogens with zero attached hydrogens (tertiary/aromatic N) is 1. The van der Waals surface area contributed by atoms with Crippen molar-refractivity contribution in [2.24, 2.45) is 0 Å². The Morgan fingerprint density at radius 1 is 1.21 bits per heavy atom. The van der Waals surface area contributed by atoms with Gasteiger partial charge in [0.25, 0.3) is 5.78 Å². The molecule has 0 amide bonds. The van der Waals surface area contributed by atoms with Crippen LogP contribution in [-0.4, -0.2) is 36.0 Å². The third kappa shape index (κ3) is 3.77. The van der Waals surface area contributed by atoms with E-state index in [0.29, 0.717) is 19.5 Å². The number of hydrogen-bond donors (Lipinski definition) is 0. The Morgan fingerprint density at radius 3 is 2.42 bits per heavy atom. The number of fused-ring (bicyclic) bond motifs is 1. The highest BCUT2D eigenvalue weighted by Gasteiger charge is 2.45. The Labute approximate surface area is 137 Å². The standard InChI is InChI=1S/C17H18F3NO3/c1-3-24-16(23)14(15(22)17(18,19)20)11(2)21-9-8-12-6-4-5-7-13(12)10-21/h4-7H,3,8-10H2,1-2H3/b14-11+. The fraction of sp³-hybridized carbons (Fsp3) is 0.412. The van der Waals surface area contributed by atoms with E-state index in [-0.39, 0.29) is 12.3 Å². The molecule has 0 aliphatic carbocycles. The van der Waals surface area contributed by atoms with Crippen molar-refractivity contribution in [3.8, 4) is 0 Å². The number of carbonyl (C=O) groups is 2. The maximum atomic E-state index is 12.9. The van der Waals surface area contributed by atoms with E-state index in [1.165, 1.54) is 13.8 Å². The number of alkyl halides is 3. The van der Waals surface area contributed by atoms with Crippen LogP contribution in [0.4, 0.5) is 13.2 Å². The zero-order valence-electron chi connectivity index (χ0n) is 13.4. The fourth-order valence-corrected chi connectivity index (χ4v) is 2.69. The summed E-state index contributed by atoms with van der Waals surface area (Å²) in [5.41, 5.74) is 1.13. The molecular formula is C17H18F3NO3. The number of hydrogen-bond acceptors (Lipinski definition) is 4. The molecule has 1 aliphatic rings. The van der Waals surface area contributed by atoms with Crippen LogP contribution >= 0.6 is 0 Å². The summed E-state index contributed by atoms with van der Waals surface area (Å²) in [6, 6.07) is 7.58. The molecule has 24 heavy (non-hydrogen) atoms. The van der Waals surface area contributed by atoms with Crippen LogP contribution in [0.3, 0.4) is 0 Å². The number of halogens is 3. The van der Waals surface area contributed by atoms with Crippen molar-refractivity contribution in [1.82, 2.24) is 4.90 Å². The van der Waals surface area contributed by atoms with E-state index in [2.05, 4.69) is 4.74 Å². The Morgan fingerprint density at radius 2 is 1.83 bits per heavy atom. The highest BCUT2D eigenvalue weighted by Crippen LogP contribution is 2.28. The maximum absolute atomic E-state index is 12.9. The monoisotopic (exact) mass is 341 g/mol. The molecule has 0 unspecified atom stereocenters. The summed E-state index contributed by atoms with van der Waals surface area (Å²) in [5, 5.41) is 0. The van der Waals surface area contributed by atoms with Gasteiger partial charge in [-0.15, -0.1) is 0 Å². The second-order valence-electron chi connectivity index (χ2n) is 5.45. The second-order valence-corrected chi connectivity index (χ2v) is 5.45. The predicted octanol–water partition coefficient (Wildman–Crippen LogP) is 3.01. The number of ether oxygens (including phenoxy) is 1. The topological polar surface area (TPSA) is 46.6 Å². The number of carbonyl (C=O) groups excluding carboxylic acids is 2. The molecule has 0 atom stereocenters. The fourth-order valence-electron chi connectivity index (χ4n) is 2.69. The predicted molar refractivity (Wildman–Crippen MR) is 81.0 cm³/mol. The number of allylic oxidation sites excluding steroid dienone is 1. The van der Waals surface area contributed by atoms with Gasteiger partial charge < -0.3 is 9.64 Å². The van der Waals surface area contributed by atoms with E-state index in [0.717, 1.165) is 11.1 Å². The number of Topliss-reactive ketones (excluding diaryl/α,β-unsaturated/α-hetero) is 1. The number of rotatable bonds is 4. The molecule has 4 nitrogen and oxygen atoms in total. The summed E-state index contributed by atoms with van der Waals surface area (Å²) in [4.78, 5) is 25.2. The number of benzene rings is 1. The van der Waals surface area contributed by atoms with Crippen molar-refractivity contribution < 1.29 is 27.5 Å². The highest BCUT2D eigenvalue weighted by molar-refractivity contribution is 6.19. The Kier molecular flexibility index (Phi) is 5.31. The summed E-state index contributed by atoms with van der Waals surface area (Å²) >= 11 is 0. The Bertz CT molecular complexity index is 680. The summed E-state index contributed by atoms with van der Waals surface area (Å²) in [7, 11) is 0. The van der Waals surface area contributed by atoms with Gasteiger partial charge >= 0.3 is 12.1 Å². The summed E-state index contributed by atoms with van der Waals surface area (Å²) in [6.45, 7) is 3.49. The van der Waals surface area contributed by atoms with Crippen molar-refractivity contribution >= 4 is 11.8 Å². The van der Waals surface area contributed by atoms with Gasteiger partial charge in [0.05, 0.1) is 6.61 Å². The van der Waals surface area contributed by atoms with Crippen LogP contribution in [-0.2, 0) is 27.3 Å². The van der Waals surface area contributed by atoms with Crippen LogP contribution in [0.2, 0.25) is 0 Å². The molecule has 0 fully saturated rings. The van der Waals surface area contributed by atoms with Gasteiger partial charge in [-0.3, -0.25) is 4.79 Å². The lowest BCUT2D eigenvalue weighted by Gasteiger charge is -2.32. The van der Waals surface area contributed by atoms with Crippen LogP contribution in [0.5, 0.6) is 0 Å². The molecule has 7 heteroatoms. The van der Waals surface area contributed by atoms with Crippen molar-refractivity contribution in [3.05, 3.63) is 46.7 Å². The van der Waals surface area contributed by atoms with Crippen molar-refractivity contribution in [2.75, 3.05) is 13.2 Å². The Balaban J connectivity index is 2.39. The van der Waals surface area contributed by atoms with Crippen molar-refractivity contribution in [3.63, 3.8) is 0 Å². The van der Waals surface area contributed by atoms with Gasteiger partial charge in [-0.1, -0.05) is 24.3 Å². The van der Waals surface area contributed by atoms with Gasteiger partial charge in [0, 0.05) is 18.8 Å². The molecule has 2 rings (SSSR count). The molecule has 0 spiro atoms. The number of esters is 1. The van der Waals surface area contributed by atoms with E-state index in [4.69, 9.17) is 0 Å². The molecule has 130 valence electrons. The van der Waals surface area contributed by atoms with Gasteiger partial charge in [0.2, 0.25) is 0 Å². The van der Waals surface area contributed by atoms with Crippen LogP contribution in [0.1, 0.15) is 25.0 Å². The lowest BCUT2D eigenvalue weighted by atomic mass is 9.98. The van der Waals surface area contributed by atoms with Gasteiger partial charge in [0.1, 0.15) is 5.57 Å². The smallest absolute Gasteiger partial charge is 0.455 e. The Hall–Kier alpha value is -2.31. The molecule has 0 N–H and O–H groups in total. The first-order valence-corrected chi connectivity index (χ1v) is 7.57. The highest BCUT2D eigenvalue weighted by atomic mass is 19.4. The third-order valence-corrected chi connectivity index (χ3v) is 3.93. The minimum absolute atomic E-state index is 0.00900. The van der Waals surface area contributed by atoms with E-state index in [9.17, 15) is 22.8 Å².